The lowest BCUT2D eigenvalue weighted by atomic mass is 10.00. The second-order valence-corrected chi connectivity index (χ2v) is 3.10. The van der Waals surface area contributed by atoms with Gasteiger partial charge in [-0.2, -0.15) is 5.26 Å². The minimum Gasteiger partial charge on any atom is -0.469 e. The van der Waals surface area contributed by atoms with E-state index in [-0.39, 0.29) is 12.4 Å². The summed E-state index contributed by atoms with van der Waals surface area (Å²) in [4.78, 5) is 15.5. The molecular weight excluding hydrogens is 192 g/mol. The predicted molar refractivity (Wildman–Crippen MR) is 53.1 cm³/mol. The number of carbonyl (C=O) groups is 1. The van der Waals surface area contributed by atoms with E-state index in [1.54, 1.807) is 19.1 Å². The van der Waals surface area contributed by atoms with Crippen LogP contribution in [0.3, 0.4) is 0 Å². The number of ketones is 1. The van der Waals surface area contributed by atoms with Crippen LogP contribution in [0, 0.1) is 11.3 Å². The van der Waals surface area contributed by atoms with Crippen LogP contribution < -0.4 is 4.74 Å². The zero-order valence-corrected chi connectivity index (χ0v) is 8.15. The monoisotopic (exact) mass is 200 g/mol. The Labute approximate surface area is 86.8 Å². The molecular formula is C11H8N2O2. The first kappa shape index (κ1) is 9.41. The molecule has 0 saturated heterocycles. The number of allylic oxidation sites excluding steroid dienone is 1. The zero-order chi connectivity index (χ0) is 10.8. The number of pyridine rings is 1. The third-order valence-electron chi connectivity index (χ3n) is 2.20. The van der Waals surface area contributed by atoms with Gasteiger partial charge >= 0.3 is 0 Å². The fraction of sp³-hybridized carbons (Fsp3) is 0.182. The molecule has 74 valence electrons. The Kier molecular flexibility index (Phi) is 2.22. The van der Waals surface area contributed by atoms with Crippen LogP contribution in [0.1, 0.15) is 18.1 Å². The molecule has 0 saturated carbocycles. The number of aromatic nitrogens is 1. The summed E-state index contributed by atoms with van der Waals surface area (Å²) >= 11 is 0. The van der Waals surface area contributed by atoms with Crippen molar-refractivity contribution in [3.63, 3.8) is 0 Å². The number of nitrogens with zero attached hydrogens (tertiary/aromatic N) is 2. The van der Waals surface area contributed by atoms with Crippen LogP contribution >= 0.6 is 0 Å². The van der Waals surface area contributed by atoms with Crippen LogP contribution in [0.4, 0.5) is 0 Å². The number of carbonyl (C=O) groups excluding carboxylic acids is 1. The Morgan fingerprint density at radius 2 is 2.47 bits per heavy atom. The number of Topliss-reactive ketones (excluding diaryl/α,β-unsaturated/α-hetero) is 1. The molecule has 1 aliphatic rings. The molecule has 0 aromatic carbocycles. The van der Waals surface area contributed by atoms with Crippen molar-refractivity contribution in [1.82, 2.24) is 4.98 Å². The molecule has 1 aliphatic heterocycles. The predicted octanol–water partition coefficient (Wildman–Crippen LogP) is 1.32. The van der Waals surface area contributed by atoms with Crippen molar-refractivity contribution in [3.8, 4) is 11.9 Å². The van der Waals surface area contributed by atoms with Gasteiger partial charge in [-0.25, -0.2) is 4.98 Å². The summed E-state index contributed by atoms with van der Waals surface area (Å²) in [6.45, 7) is 1.80. The maximum absolute atomic E-state index is 11.5. The SMILES string of the molecule is CC=C1C(=O)COc2ncc(C#N)cc21. The largest absolute Gasteiger partial charge is 0.469 e. The van der Waals surface area contributed by atoms with Gasteiger partial charge in [0.1, 0.15) is 6.07 Å². The Morgan fingerprint density at radius 1 is 1.67 bits per heavy atom. The van der Waals surface area contributed by atoms with Crippen LogP contribution in [0.25, 0.3) is 5.57 Å². The standard InChI is InChI=1S/C11H8N2O2/c1-2-8-9-3-7(4-12)5-13-11(9)15-6-10(8)14/h2-3,5H,6H2,1H3. The topological polar surface area (TPSA) is 63.0 Å². The molecule has 0 N–H and O–H groups in total. The van der Waals surface area contributed by atoms with E-state index in [9.17, 15) is 4.79 Å². The van der Waals surface area contributed by atoms with Gasteiger partial charge in [0.25, 0.3) is 0 Å². The van der Waals surface area contributed by atoms with Crippen LogP contribution in [-0.2, 0) is 4.79 Å². The first-order valence-electron chi connectivity index (χ1n) is 4.49. The molecule has 0 radical (unpaired) electrons. The highest BCUT2D eigenvalue weighted by Gasteiger charge is 2.23. The number of ether oxygens (including phenoxy) is 1. The number of rotatable bonds is 0. The fourth-order valence-electron chi connectivity index (χ4n) is 1.50. The van der Waals surface area contributed by atoms with Gasteiger partial charge < -0.3 is 4.74 Å². The highest BCUT2D eigenvalue weighted by molar-refractivity contribution is 6.23. The van der Waals surface area contributed by atoms with Gasteiger partial charge in [0.15, 0.2) is 6.61 Å². The van der Waals surface area contributed by atoms with E-state index in [1.165, 1.54) is 6.20 Å². The molecule has 0 fully saturated rings. The van der Waals surface area contributed by atoms with E-state index in [0.29, 0.717) is 22.6 Å². The maximum Gasteiger partial charge on any atom is 0.221 e. The molecule has 1 aromatic heterocycles. The normalized spacial score (nSPS) is 16.8. The summed E-state index contributed by atoms with van der Waals surface area (Å²) in [6, 6.07) is 3.60. The number of nitriles is 1. The van der Waals surface area contributed by atoms with E-state index in [1.807, 2.05) is 6.07 Å². The van der Waals surface area contributed by atoms with E-state index in [0.717, 1.165) is 0 Å². The first-order chi connectivity index (χ1) is 7.26. The summed E-state index contributed by atoms with van der Waals surface area (Å²) in [5, 5.41) is 8.73. The first-order valence-corrected chi connectivity index (χ1v) is 4.49. The molecule has 0 atom stereocenters. The smallest absolute Gasteiger partial charge is 0.221 e. The maximum atomic E-state index is 11.5. The average Bonchev–Trinajstić information content (AvgIpc) is 2.28. The Morgan fingerprint density at radius 3 is 3.13 bits per heavy atom. The fourth-order valence-corrected chi connectivity index (χ4v) is 1.50. The van der Waals surface area contributed by atoms with Crippen molar-refractivity contribution in [2.24, 2.45) is 0 Å². The molecule has 15 heavy (non-hydrogen) atoms. The van der Waals surface area contributed by atoms with Crippen molar-refractivity contribution < 1.29 is 9.53 Å². The minimum atomic E-state index is -0.0816. The minimum absolute atomic E-state index is 0.0194. The second kappa shape index (κ2) is 3.54. The molecule has 2 heterocycles. The molecule has 0 amide bonds. The van der Waals surface area contributed by atoms with Crippen molar-refractivity contribution in [3.05, 3.63) is 29.5 Å². The zero-order valence-electron chi connectivity index (χ0n) is 8.15. The molecule has 4 nitrogen and oxygen atoms in total. The van der Waals surface area contributed by atoms with Crippen molar-refractivity contribution in [1.29, 1.82) is 5.26 Å². The Bertz CT molecular complexity index is 498. The second-order valence-electron chi connectivity index (χ2n) is 3.10. The summed E-state index contributed by atoms with van der Waals surface area (Å²) in [6.07, 6.45) is 3.15. The van der Waals surface area contributed by atoms with E-state index < -0.39 is 0 Å². The van der Waals surface area contributed by atoms with Crippen LogP contribution in [0.5, 0.6) is 5.88 Å². The molecule has 0 aliphatic carbocycles. The summed E-state index contributed by atoms with van der Waals surface area (Å²) < 4.78 is 5.16. The summed E-state index contributed by atoms with van der Waals surface area (Å²) in [5.41, 5.74) is 1.60. The molecule has 1 aromatic rings. The lowest BCUT2D eigenvalue weighted by molar-refractivity contribution is -0.116. The van der Waals surface area contributed by atoms with Gasteiger partial charge in [-0.15, -0.1) is 0 Å². The van der Waals surface area contributed by atoms with Gasteiger partial charge in [-0.3, -0.25) is 4.79 Å². The molecule has 0 unspecified atom stereocenters. The van der Waals surface area contributed by atoms with E-state index in [4.69, 9.17) is 10.00 Å². The highest BCUT2D eigenvalue weighted by atomic mass is 16.5. The third-order valence-corrected chi connectivity index (χ3v) is 2.20. The Hall–Kier alpha value is -2.15. The van der Waals surface area contributed by atoms with Crippen molar-refractivity contribution in [2.45, 2.75) is 6.92 Å². The molecule has 4 heteroatoms. The molecule has 2 rings (SSSR count). The number of fused-ring (bicyclic) bond motifs is 1. The van der Waals surface area contributed by atoms with Crippen LogP contribution in [0.15, 0.2) is 18.3 Å². The highest BCUT2D eigenvalue weighted by Crippen LogP contribution is 2.29. The van der Waals surface area contributed by atoms with Crippen LogP contribution in [-0.4, -0.2) is 17.4 Å². The van der Waals surface area contributed by atoms with Gasteiger partial charge in [0, 0.05) is 17.3 Å². The quantitative estimate of drug-likeness (QED) is 0.592. The Balaban J connectivity index is 2.62. The summed E-state index contributed by atoms with van der Waals surface area (Å²) in [7, 11) is 0. The van der Waals surface area contributed by atoms with Gasteiger partial charge in [-0.1, -0.05) is 6.08 Å². The van der Waals surface area contributed by atoms with Gasteiger partial charge in [-0.05, 0) is 13.0 Å². The average molecular weight is 200 g/mol. The van der Waals surface area contributed by atoms with E-state index >= 15 is 0 Å². The van der Waals surface area contributed by atoms with Gasteiger partial charge in [0.2, 0.25) is 11.7 Å². The lowest BCUT2D eigenvalue weighted by Crippen LogP contribution is -2.20. The van der Waals surface area contributed by atoms with Crippen molar-refractivity contribution in [2.75, 3.05) is 6.61 Å². The van der Waals surface area contributed by atoms with E-state index in [2.05, 4.69) is 4.98 Å². The number of hydrogen-bond donors (Lipinski definition) is 0. The van der Waals surface area contributed by atoms with Gasteiger partial charge in [0.05, 0.1) is 5.56 Å². The number of hydrogen-bond acceptors (Lipinski definition) is 4. The third kappa shape index (κ3) is 1.48. The van der Waals surface area contributed by atoms with Crippen molar-refractivity contribution >= 4 is 11.4 Å². The lowest BCUT2D eigenvalue weighted by Gasteiger charge is -2.17. The molecule has 0 bridgehead atoms. The van der Waals surface area contributed by atoms with Crippen LogP contribution in [0.2, 0.25) is 0 Å². The molecule has 0 spiro atoms. The summed E-state index contributed by atoms with van der Waals surface area (Å²) in [5.74, 6) is 0.337.